The van der Waals surface area contributed by atoms with E-state index in [0.717, 1.165) is 24.9 Å². The predicted molar refractivity (Wildman–Crippen MR) is 253 cm³/mol. The molecule has 17 heteroatoms. The van der Waals surface area contributed by atoms with Gasteiger partial charge in [-0.1, -0.05) is 45.9 Å². The molecule has 0 unspecified atom stereocenters. The lowest BCUT2D eigenvalue weighted by Crippen LogP contribution is -2.70. The number of nitrogens with zero attached hydrogens (tertiary/aromatic N) is 2. The van der Waals surface area contributed by atoms with E-state index < -0.39 is 108 Å². The number of likely N-dealkylation sites (N-methyl/N-ethyl adjacent to an activating group) is 1. The summed E-state index contributed by atoms with van der Waals surface area (Å²) >= 11 is 0. The van der Waals surface area contributed by atoms with E-state index in [1.54, 1.807) is 65.3 Å². The maximum atomic E-state index is 14.6. The summed E-state index contributed by atoms with van der Waals surface area (Å²) in [6, 6.07) is 7.88. The molecule has 1 aromatic carbocycles. The molecule has 0 bridgehead atoms. The van der Waals surface area contributed by atoms with Crippen LogP contribution >= 0.6 is 0 Å². The summed E-state index contributed by atoms with van der Waals surface area (Å²) < 4.78 is 38.9. The van der Waals surface area contributed by atoms with Gasteiger partial charge in [0.05, 0.1) is 42.0 Å². The van der Waals surface area contributed by atoms with Gasteiger partial charge in [-0.05, 0) is 118 Å². The van der Waals surface area contributed by atoms with Crippen LogP contribution in [0.5, 0.6) is 0 Å². The van der Waals surface area contributed by atoms with Crippen molar-refractivity contribution in [3.05, 3.63) is 30.3 Å². The van der Waals surface area contributed by atoms with Crippen LogP contribution < -0.4 is 15.5 Å². The fourth-order valence-corrected chi connectivity index (χ4v) is 10.8. The van der Waals surface area contributed by atoms with Crippen molar-refractivity contribution in [1.82, 2.24) is 15.5 Å². The minimum atomic E-state index is -1.86. The van der Waals surface area contributed by atoms with Crippen LogP contribution in [-0.2, 0) is 33.2 Å². The van der Waals surface area contributed by atoms with Crippen molar-refractivity contribution >= 4 is 17.7 Å². The summed E-state index contributed by atoms with van der Waals surface area (Å²) in [5.74, 6) is -2.95. The Balaban J connectivity index is 1.55. The number of aliphatic hydroxyl groups excluding tert-OH is 2. The van der Waals surface area contributed by atoms with Gasteiger partial charge >= 0.3 is 12.0 Å². The lowest BCUT2D eigenvalue weighted by Gasteiger charge is -2.53. The van der Waals surface area contributed by atoms with Crippen molar-refractivity contribution in [2.24, 2.45) is 17.8 Å². The number of aliphatic hydroxyl groups is 5. The van der Waals surface area contributed by atoms with Crippen LogP contribution in [0.15, 0.2) is 30.3 Å². The summed E-state index contributed by atoms with van der Waals surface area (Å²) in [7, 11) is 3.20. The van der Waals surface area contributed by atoms with Crippen LogP contribution in [0.25, 0.3) is 0 Å². The molecule has 3 aliphatic heterocycles. The SMILES string of the molecule is CCCNC[C@]1(O)[C@H](C)O[C@@H](O[C@H]2[C@H](C)[C@@H](O[C@@H]3O[C@H](C)C[C@H](N(C)C(=O)N(c4ccccc4)C4CC4)[C@H]3O)[C@](C)(O)C[C@@H](C)CN[C@H](C)[C@@H](O)[C@](C)(O)[C@@H](CC)OC(=O)[C@@H]2C)C[C@@]1(C)OC. The molecule has 3 heterocycles. The van der Waals surface area contributed by atoms with Crippen molar-refractivity contribution in [2.75, 3.05) is 38.7 Å². The molecule has 67 heavy (non-hydrogen) atoms. The van der Waals surface area contributed by atoms with Crippen LogP contribution in [0, 0.1) is 17.8 Å². The quantitative estimate of drug-likeness (QED) is 0.109. The minimum absolute atomic E-state index is 0.0419. The van der Waals surface area contributed by atoms with Crippen molar-refractivity contribution in [3.63, 3.8) is 0 Å². The van der Waals surface area contributed by atoms with Crippen LogP contribution in [0.1, 0.15) is 121 Å². The topological polar surface area (TPSA) is 221 Å². The van der Waals surface area contributed by atoms with Gasteiger partial charge in [0.25, 0.3) is 0 Å². The first-order valence-electron chi connectivity index (χ1n) is 24.8. The molecule has 18 atom stereocenters. The number of rotatable bonds is 13. The molecule has 3 saturated heterocycles. The number of nitrogens with one attached hydrogen (secondary N) is 2. The normalized spacial score (nSPS) is 42.8. The van der Waals surface area contributed by atoms with E-state index >= 15 is 0 Å². The van der Waals surface area contributed by atoms with E-state index in [4.69, 9.17) is 28.4 Å². The zero-order chi connectivity index (χ0) is 49.8. The highest BCUT2D eigenvalue weighted by Crippen LogP contribution is 2.43. The van der Waals surface area contributed by atoms with Crippen LogP contribution in [0.2, 0.25) is 0 Å². The van der Waals surface area contributed by atoms with Crippen molar-refractivity contribution in [1.29, 1.82) is 0 Å². The molecule has 384 valence electrons. The van der Waals surface area contributed by atoms with E-state index in [9.17, 15) is 35.1 Å². The number of ether oxygens (including phenoxy) is 6. The molecule has 2 amide bonds. The molecule has 7 N–H and O–H groups in total. The van der Waals surface area contributed by atoms with E-state index in [0.29, 0.717) is 19.5 Å². The van der Waals surface area contributed by atoms with Crippen LogP contribution in [-0.4, -0.2) is 172 Å². The highest BCUT2D eigenvalue weighted by molar-refractivity contribution is 5.93. The third-order valence-electron chi connectivity index (χ3n) is 15.3. The van der Waals surface area contributed by atoms with E-state index in [-0.39, 0.29) is 43.8 Å². The minimum Gasteiger partial charge on any atom is -0.459 e. The molecule has 0 spiro atoms. The zero-order valence-electron chi connectivity index (χ0n) is 42.5. The molecule has 5 rings (SSSR count). The first kappa shape index (κ1) is 55.4. The fourth-order valence-electron chi connectivity index (χ4n) is 10.8. The van der Waals surface area contributed by atoms with Gasteiger partial charge in [-0.2, -0.15) is 0 Å². The molecule has 4 fully saturated rings. The van der Waals surface area contributed by atoms with Crippen molar-refractivity contribution in [3.8, 4) is 0 Å². The average Bonchev–Trinajstić information content (AvgIpc) is 4.12. The van der Waals surface area contributed by atoms with Gasteiger partial charge in [0.1, 0.15) is 35.1 Å². The second-order valence-electron chi connectivity index (χ2n) is 21.1. The monoisotopic (exact) mass is 951 g/mol. The number of anilines is 1. The van der Waals surface area contributed by atoms with Gasteiger partial charge in [-0.15, -0.1) is 0 Å². The third-order valence-corrected chi connectivity index (χ3v) is 15.3. The van der Waals surface area contributed by atoms with Crippen molar-refractivity contribution in [2.45, 2.75) is 217 Å². The predicted octanol–water partition coefficient (Wildman–Crippen LogP) is 4.09. The Kier molecular flexibility index (Phi) is 18.8. The Morgan fingerprint density at radius 1 is 0.955 bits per heavy atom. The summed E-state index contributed by atoms with van der Waals surface area (Å²) in [4.78, 5) is 32.3. The molecule has 4 aliphatic rings. The Hall–Kier alpha value is -2.52. The smallest absolute Gasteiger partial charge is 0.324 e. The molecular formula is C50H86N4O13. The van der Waals surface area contributed by atoms with Crippen LogP contribution in [0.3, 0.4) is 0 Å². The summed E-state index contributed by atoms with van der Waals surface area (Å²) in [6.07, 6.45) is -6.54. The molecule has 1 aliphatic carbocycles. The van der Waals surface area contributed by atoms with Gasteiger partial charge in [0.15, 0.2) is 12.6 Å². The molecule has 1 aromatic rings. The van der Waals surface area contributed by atoms with E-state index in [1.165, 1.54) is 14.0 Å². The number of benzene rings is 1. The summed E-state index contributed by atoms with van der Waals surface area (Å²) in [5.41, 5.74) is -5.43. The average molecular weight is 951 g/mol. The largest absolute Gasteiger partial charge is 0.459 e. The second kappa shape index (κ2) is 22.7. The number of hydrogen-bond acceptors (Lipinski definition) is 15. The highest BCUT2D eigenvalue weighted by Gasteiger charge is 2.58. The summed E-state index contributed by atoms with van der Waals surface area (Å²) in [6.45, 7) is 20.6. The first-order valence-corrected chi connectivity index (χ1v) is 24.8. The van der Waals surface area contributed by atoms with Gasteiger partial charge in [0, 0.05) is 50.8 Å². The molecule has 1 saturated carbocycles. The fraction of sp³-hybridized carbons (Fsp3) is 0.840. The zero-order valence-corrected chi connectivity index (χ0v) is 42.5. The Bertz CT molecular complexity index is 1740. The maximum Gasteiger partial charge on any atom is 0.324 e. The first-order chi connectivity index (χ1) is 31.4. The number of amides is 2. The maximum absolute atomic E-state index is 14.6. The molecule has 17 nitrogen and oxygen atoms in total. The molecule has 0 radical (unpaired) electrons. The number of urea groups is 1. The van der Waals surface area contributed by atoms with Gasteiger partial charge in [0.2, 0.25) is 0 Å². The number of carbonyl (C=O) groups excluding carboxylic acids is 2. The van der Waals surface area contributed by atoms with E-state index in [2.05, 4.69) is 10.6 Å². The second-order valence-corrected chi connectivity index (χ2v) is 21.1. The highest BCUT2D eigenvalue weighted by atomic mass is 16.7. The third kappa shape index (κ3) is 12.3. The van der Waals surface area contributed by atoms with Gasteiger partial charge in [-0.25, -0.2) is 4.79 Å². The summed E-state index contributed by atoms with van der Waals surface area (Å²) in [5, 5.41) is 67.2. The number of hydrogen-bond donors (Lipinski definition) is 7. The van der Waals surface area contributed by atoms with Crippen molar-refractivity contribution < 1.29 is 63.5 Å². The number of carbonyl (C=O) groups is 2. The number of methoxy groups -OCH3 is 1. The lowest BCUT2D eigenvalue weighted by molar-refractivity contribution is -0.336. The Morgan fingerprint density at radius 3 is 2.21 bits per heavy atom. The standard InChI is InChI=1S/C50H86N4O13/c1-14-23-51-28-50(61)34(8)64-39(26-48(50,10)62-13)66-41-31(5)43(47(9,59)25-29(3)27-52-33(7)42(56)49(11,60)38(15-2)65-44(57)32(41)6)67-45-40(55)37(24-30(4)63-45)53(12)46(58)54(36-21-22-36)35-19-17-16-18-20-35/h16-20,29-34,36-43,45,51-52,55-56,59-61H,14-15,21-28H2,1-13H3/t29-,30-,31+,32-,33-,34+,37+,38-,39+,40-,41+,42-,43-,45+,47-,48-,49-,50+/m1/s1. The van der Waals surface area contributed by atoms with Gasteiger partial charge in [-0.3, -0.25) is 9.69 Å². The Morgan fingerprint density at radius 2 is 1.61 bits per heavy atom. The van der Waals surface area contributed by atoms with Gasteiger partial charge < -0.3 is 69.5 Å². The van der Waals surface area contributed by atoms with Crippen LogP contribution in [0.4, 0.5) is 10.5 Å². The number of esters is 1. The number of para-hydroxylation sites is 1. The lowest BCUT2D eigenvalue weighted by atomic mass is 9.75. The molecular weight excluding hydrogens is 865 g/mol. The van der Waals surface area contributed by atoms with E-state index in [1.807, 2.05) is 51.1 Å². The number of cyclic esters (lactones) is 1. The molecule has 0 aromatic heterocycles. The Labute approximate surface area is 399 Å².